The van der Waals surface area contributed by atoms with Gasteiger partial charge in [-0.1, -0.05) is 0 Å². The summed E-state index contributed by atoms with van der Waals surface area (Å²) in [4.78, 5) is 4.85. The summed E-state index contributed by atoms with van der Waals surface area (Å²) in [6.07, 6.45) is 1.22. The lowest BCUT2D eigenvalue weighted by Gasteiger charge is -2.21. The minimum absolute atomic E-state index is 0.855. The van der Waals surface area contributed by atoms with Crippen molar-refractivity contribution in [2.45, 2.75) is 13.0 Å². The van der Waals surface area contributed by atoms with Crippen LogP contribution >= 0.6 is 0 Å². The summed E-state index contributed by atoms with van der Waals surface area (Å²) in [5.41, 5.74) is 8.06. The predicted molar refractivity (Wildman–Crippen MR) is 74.8 cm³/mol. The maximum absolute atomic E-state index is 6.04. The quantitative estimate of drug-likeness (QED) is 0.823. The van der Waals surface area contributed by atoms with Gasteiger partial charge in [-0.05, 0) is 50.3 Å². The molecule has 0 radical (unpaired) electrons. The minimum atomic E-state index is 0.855. The van der Waals surface area contributed by atoms with Crippen molar-refractivity contribution in [1.82, 2.24) is 9.80 Å². The molecule has 2 N–H and O–H groups in total. The maximum Gasteiger partial charge on any atom is 0.119 e. The number of anilines is 1. The second kappa shape index (κ2) is 6.07. The summed E-state index contributed by atoms with van der Waals surface area (Å²) in [6.45, 7) is 5.47. The molecule has 2 rings (SSSR count). The van der Waals surface area contributed by atoms with Gasteiger partial charge in [0, 0.05) is 25.3 Å². The number of nitrogen functional groups attached to an aromatic ring is 1. The molecule has 0 aliphatic carbocycles. The Morgan fingerprint density at radius 1 is 1.22 bits per heavy atom. The number of methoxy groups -OCH3 is 1. The first kappa shape index (κ1) is 13.2. The van der Waals surface area contributed by atoms with E-state index in [0.717, 1.165) is 37.6 Å². The van der Waals surface area contributed by atoms with Crippen LogP contribution in [0.15, 0.2) is 18.2 Å². The van der Waals surface area contributed by atoms with Crippen molar-refractivity contribution in [1.29, 1.82) is 0 Å². The zero-order valence-corrected chi connectivity index (χ0v) is 11.4. The lowest BCUT2D eigenvalue weighted by Crippen LogP contribution is -2.28. The van der Waals surface area contributed by atoms with E-state index in [-0.39, 0.29) is 0 Å². The zero-order chi connectivity index (χ0) is 13.0. The predicted octanol–water partition coefficient (Wildman–Crippen LogP) is 1.41. The summed E-state index contributed by atoms with van der Waals surface area (Å²) in [6, 6.07) is 5.89. The molecule has 0 spiro atoms. The highest BCUT2D eigenvalue weighted by Crippen LogP contribution is 2.21. The number of nitrogens with zero attached hydrogens (tertiary/aromatic N) is 2. The first-order chi connectivity index (χ1) is 8.69. The Morgan fingerprint density at radius 3 is 2.83 bits per heavy atom. The number of rotatable bonds is 3. The Bertz CT molecular complexity index is 395. The van der Waals surface area contributed by atoms with Crippen LogP contribution in [0.1, 0.15) is 12.0 Å². The van der Waals surface area contributed by atoms with Crippen LogP contribution in [0.5, 0.6) is 5.75 Å². The first-order valence-electron chi connectivity index (χ1n) is 6.52. The third-order valence-electron chi connectivity index (χ3n) is 3.56. The summed E-state index contributed by atoms with van der Waals surface area (Å²) < 4.78 is 5.26. The molecule has 0 amide bonds. The topological polar surface area (TPSA) is 41.7 Å². The third kappa shape index (κ3) is 3.37. The highest BCUT2D eigenvalue weighted by atomic mass is 16.5. The molecule has 0 atom stereocenters. The Balaban J connectivity index is 2.03. The van der Waals surface area contributed by atoms with Crippen LogP contribution in [-0.4, -0.2) is 50.1 Å². The standard InChI is InChI=1S/C14H23N3O/c1-16-6-3-7-17(9-8-16)11-12-10-13(18-2)4-5-14(12)15/h4-5,10H,3,6-9,11,15H2,1-2H3. The molecule has 0 bridgehead atoms. The number of hydrogen-bond acceptors (Lipinski definition) is 4. The van der Waals surface area contributed by atoms with Gasteiger partial charge in [0.25, 0.3) is 0 Å². The number of hydrogen-bond donors (Lipinski definition) is 1. The van der Waals surface area contributed by atoms with Gasteiger partial charge >= 0.3 is 0 Å². The third-order valence-corrected chi connectivity index (χ3v) is 3.56. The van der Waals surface area contributed by atoms with Gasteiger partial charge in [-0.2, -0.15) is 0 Å². The van der Waals surface area contributed by atoms with Gasteiger partial charge in [0.1, 0.15) is 5.75 Å². The highest BCUT2D eigenvalue weighted by Gasteiger charge is 2.13. The lowest BCUT2D eigenvalue weighted by atomic mass is 10.1. The molecular weight excluding hydrogens is 226 g/mol. The maximum atomic E-state index is 6.04. The van der Waals surface area contributed by atoms with Crippen LogP contribution in [0.25, 0.3) is 0 Å². The van der Waals surface area contributed by atoms with E-state index in [1.807, 2.05) is 18.2 Å². The van der Waals surface area contributed by atoms with Crippen molar-refractivity contribution >= 4 is 5.69 Å². The molecule has 0 saturated carbocycles. The molecule has 0 aromatic heterocycles. The SMILES string of the molecule is COc1ccc(N)c(CN2CCCN(C)CC2)c1. The molecule has 1 aromatic rings. The number of likely N-dealkylation sites (N-methyl/N-ethyl adjacent to an activating group) is 1. The average molecular weight is 249 g/mol. The smallest absolute Gasteiger partial charge is 0.119 e. The van der Waals surface area contributed by atoms with Crippen molar-refractivity contribution < 1.29 is 4.74 Å². The molecule has 0 unspecified atom stereocenters. The van der Waals surface area contributed by atoms with Crippen molar-refractivity contribution in [3.05, 3.63) is 23.8 Å². The monoisotopic (exact) mass is 249 g/mol. The van der Waals surface area contributed by atoms with Crippen LogP contribution < -0.4 is 10.5 Å². The zero-order valence-electron chi connectivity index (χ0n) is 11.4. The van der Waals surface area contributed by atoms with Crippen molar-refractivity contribution in [3.8, 4) is 5.75 Å². The van der Waals surface area contributed by atoms with Gasteiger partial charge in [0.05, 0.1) is 7.11 Å². The fourth-order valence-electron chi connectivity index (χ4n) is 2.35. The Labute approximate surface area is 109 Å². The van der Waals surface area contributed by atoms with Crippen molar-refractivity contribution in [3.63, 3.8) is 0 Å². The average Bonchev–Trinajstić information content (AvgIpc) is 2.57. The Hall–Kier alpha value is -1.26. The van der Waals surface area contributed by atoms with E-state index < -0.39 is 0 Å². The van der Waals surface area contributed by atoms with E-state index in [1.54, 1.807) is 7.11 Å². The van der Waals surface area contributed by atoms with E-state index in [0.29, 0.717) is 0 Å². The lowest BCUT2D eigenvalue weighted by molar-refractivity contribution is 0.269. The molecule has 1 aliphatic rings. The highest BCUT2D eigenvalue weighted by molar-refractivity contribution is 5.50. The van der Waals surface area contributed by atoms with Crippen molar-refractivity contribution in [2.24, 2.45) is 0 Å². The van der Waals surface area contributed by atoms with Gasteiger partial charge < -0.3 is 15.4 Å². The molecular formula is C14H23N3O. The van der Waals surface area contributed by atoms with Crippen LogP contribution in [0, 0.1) is 0 Å². The van der Waals surface area contributed by atoms with Crippen LogP contribution in [0.2, 0.25) is 0 Å². The molecule has 1 aromatic carbocycles. The molecule has 4 nitrogen and oxygen atoms in total. The summed E-state index contributed by atoms with van der Waals surface area (Å²) in [5.74, 6) is 0.881. The molecule has 1 saturated heterocycles. The Morgan fingerprint density at radius 2 is 2.06 bits per heavy atom. The normalized spacial score (nSPS) is 18.6. The summed E-state index contributed by atoms with van der Waals surface area (Å²) in [7, 11) is 3.87. The van der Waals surface area contributed by atoms with Gasteiger partial charge in [0.2, 0.25) is 0 Å². The molecule has 1 fully saturated rings. The summed E-state index contributed by atoms with van der Waals surface area (Å²) in [5, 5.41) is 0. The molecule has 100 valence electrons. The van der Waals surface area contributed by atoms with E-state index in [2.05, 4.69) is 16.8 Å². The van der Waals surface area contributed by atoms with E-state index >= 15 is 0 Å². The number of ether oxygens (including phenoxy) is 1. The molecule has 1 aliphatic heterocycles. The number of benzene rings is 1. The fraction of sp³-hybridized carbons (Fsp3) is 0.571. The minimum Gasteiger partial charge on any atom is -0.497 e. The van der Waals surface area contributed by atoms with Gasteiger partial charge in [-0.25, -0.2) is 0 Å². The molecule has 4 heteroatoms. The Kier molecular flexibility index (Phi) is 4.44. The van der Waals surface area contributed by atoms with Crippen molar-refractivity contribution in [2.75, 3.05) is 46.1 Å². The van der Waals surface area contributed by atoms with E-state index in [9.17, 15) is 0 Å². The molecule has 18 heavy (non-hydrogen) atoms. The van der Waals surface area contributed by atoms with Gasteiger partial charge in [0.15, 0.2) is 0 Å². The van der Waals surface area contributed by atoms with Crippen LogP contribution in [-0.2, 0) is 6.54 Å². The van der Waals surface area contributed by atoms with Crippen LogP contribution in [0.3, 0.4) is 0 Å². The summed E-state index contributed by atoms with van der Waals surface area (Å²) >= 11 is 0. The second-order valence-electron chi connectivity index (χ2n) is 5.00. The van der Waals surface area contributed by atoms with E-state index in [1.165, 1.54) is 18.5 Å². The van der Waals surface area contributed by atoms with Gasteiger partial charge in [-0.3, -0.25) is 4.90 Å². The second-order valence-corrected chi connectivity index (χ2v) is 5.00. The molecule has 1 heterocycles. The van der Waals surface area contributed by atoms with Crippen LogP contribution in [0.4, 0.5) is 5.69 Å². The fourth-order valence-corrected chi connectivity index (χ4v) is 2.35. The largest absolute Gasteiger partial charge is 0.497 e. The first-order valence-corrected chi connectivity index (χ1v) is 6.52. The number of nitrogens with two attached hydrogens (primary N) is 1. The van der Waals surface area contributed by atoms with E-state index in [4.69, 9.17) is 10.5 Å². The van der Waals surface area contributed by atoms with Gasteiger partial charge in [-0.15, -0.1) is 0 Å².